The number of thioether (sulfide) groups is 1. The van der Waals surface area contributed by atoms with E-state index >= 15 is 0 Å². The van der Waals surface area contributed by atoms with Gasteiger partial charge in [-0.1, -0.05) is 0 Å². The molecule has 0 saturated carbocycles. The summed E-state index contributed by atoms with van der Waals surface area (Å²) in [6.45, 7) is 0. The van der Waals surface area contributed by atoms with Crippen LogP contribution in [0.1, 0.15) is 0 Å². The number of hydrogen-bond donors (Lipinski definition) is 0. The van der Waals surface area contributed by atoms with Crippen LogP contribution in [0.3, 0.4) is 0 Å². The minimum absolute atomic E-state index is 0.0284. The molecule has 2 aromatic rings. The minimum Gasteiger partial charge on any atom is -0.258 e. The van der Waals surface area contributed by atoms with Gasteiger partial charge in [-0.25, -0.2) is 4.63 Å². The van der Waals surface area contributed by atoms with Gasteiger partial charge in [0.25, 0.3) is 5.69 Å². The Morgan fingerprint density at radius 2 is 2.29 bits per heavy atom. The summed E-state index contributed by atoms with van der Waals surface area (Å²) in [5.41, 5.74) is 0.993. The fourth-order valence-corrected chi connectivity index (χ4v) is 1.85. The highest BCUT2D eigenvalue weighted by Gasteiger charge is 2.18. The van der Waals surface area contributed by atoms with Crippen LogP contribution in [0.25, 0.3) is 11.0 Å². The third kappa shape index (κ3) is 1.22. The third-order valence-corrected chi connectivity index (χ3v) is 2.57. The van der Waals surface area contributed by atoms with Gasteiger partial charge in [-0.05, 0) is 22.6 Å². The Morgan fingerprint density at radius 3 is 2.93 bits per heavy atom. The van der Waals surface area contributed by atoms with E-state index in [4.69, 9.17) is 0 Å². The second kappa shape index (κ2) is 3.26. The summed E-state index contributed by atoms with van der Waals surface area (Å²) in [6, 6.07) is 2.92. The number of nitro benzene ring substituents is 1. The molecule has 1 aromatic carbocycles. The molecule has 0 atom stereocenters. The van der Waals surface area contributed by atoms with E-state index in [1.165, 1.54) is 23.9 Å². The van der Waals surface area contributed by atoms with Crippen molar-refractivity contribution in [2.24, 2.45) is 0 Å². The van der Waals surface area contributed by atoms with E-state index in [2.05, 4.69) is 14.9 Å². The van der Waals surface area contributed by atoms with Gasteiger partial charge in [0.2, 0.25) is 0 Å². The lowest BCUT2D eigenvalue weighted by Crippen LogP contribution is -1.91. The van der Waals surface area contributed by atoms with E-state index in [0.29, 0.717) is 15.9 Å². The first-order valence-corrected chi connectivity index (χ1v) is 4.90. The number of benzene rings is 1. The van der Waals surface area contributed by atoms with Gasteiger partial charge in [0.05, 0.1) is 4.92 Å². The van der Waals surface area contributed by atoms with Gasteiger partial charge < -0.3 is 0 Å². The summed E-state index contributed by atoms with van der Waals surface area (Å²) in [7, 11) is 0. The number of fused-ring (bicyclic) bond motifs is 1. The van der Waals surface area contributed by atoms with E-state index in [0.717, 1.165) is 0 Å². The topological polar surface area (TPSA) is 82.1 Å². The minimum atomic E-state index is -0.444. The quantitative estimate of drug-likeness (QED) is 0.428. The highest BCUT2D eigenvalue weighted by Crippen LogP contribution is 2.32. The van der Waals surface area contributed by atoms with Crippen LogP contribution in [0, 0.1) is 10.1 Å². The second-order valence-electron chi connectivity index (χ2n) is 2.51. The van der Waals surface area contributed by atoms with E-state index in [9.17, 15) is 10.1 Å². The molecule has 1 aromatic heterocycles. The average molecular weight is 211 g/mol. The summed E-state index contributed by atoms with van der Waals surface area (Å²) in [4.78, 5) is 10.7. The van der Waals surface area contributed by atoms with E-state index < -0.39 is 4.92 Å². The molecule has 0 aliphatic heterocycles. The molecule has 0 spiro atoms. The van der Waals surface area contributed by atoms with Crippen molar-refractivity contribution >= 4 is 28.5 Å². The molecule has 72 valence electrons. The Kier molecular flexibility index (Phi) is 2.08. The molecule has 0 unspecified atom stereocenters. The maximum Gasteiger partial charge on any atom is 0.285 e. The summed E-state index contributed by atoms with van der Waals surface area (Å²) in [6.07, 6.45) is 1.75. The SMILES string of the molecule is CSc1c([N+](=O)[O-])ccc2nonc12. The summed E-state index contributed by atoms with van der Waals surface area (Å²) >= 11 is 1.25. The van der Waals surface area contributed by atoms with Gasteiger partial charge in [0.1, 0.15) is 10.4 Å². The zero-order valence-corrected chi connectivity index (χ0v) is 7.95. The van der Waals surface area contributed by atoms with Crippen LogP contribution in [0.5, 0.6) is 0 Å². The number of rotatable bonds is 2. The average Bonchev–Trinajstić information content (AvgIpc) is 2.63. The molecule has 7 heteroatoms. The normalized spacial score (nSPS) is 10.6. The van der Waals surface area contributed by atoms with Crippen LogP contribution < -0.4 is 0 Å². The maximum absolute atomic E-state index is 10.7. The molecular formula is C7H5N3O3S. The third-order valence-electron chi connectivity index (χ3n) is 1.76. The lowest BCUT2D eigenvalue weighted by molar-refractivity contribution is -0.387. The number of nitro groups is 1. The van der Waals surface area contributed by atoms with Crippen LogP contribution in [0.4, 0.5) is 5.69 Å². The molecular weight excluding hydrogens is 206 g/mol. The largest absolute Gasteiger partial charge is 0.285 e. The first kappa shape index (κ1) is 8.95. The van der Waals surface area contributed by atoms with Crippen molar-refractivity contribution in [3.63, 3.8) is 0 Å². The van der Waals surface area contributed by atoms with Crippen molar-refractivity contribution in [3.8, 4) is 0 Å². The van der Waals surface area contributed by atoms with Gasteiger partial charge in [-0.15, -0.1) is 11.8 Å². The van der Waals surface area contributed by atoms with Crippen LogP contribution in [-0.2, 0) is 0 Å². The molecule has 6 nitrogen and oxygen atoms in total. The molecule has 0 amide bonds. The summed E-state index contributed by atoms with van der Waals surface area (Å²) in [5.74, 6) is 0. The number of aromatic nitrogens is 2. The fourth-order valence-electron chi connectivity index (χ4n) is 1.16. The zero-order valence-electron chi connectivity index (χ0n) is 7.13. The van der Waals surface area contributed by atoms with Crippen LogP contribution in [0.2, 0.25) is 0 Å². The number of nitrogens with zero attached hydrogens (tertiary/aromatic N) is 3. The van der Waals surface area contributed by atoms with E-state index in [1.807, 2.05) is 0 Å². The highest BCUT2D eigenvalue weighted by molar-refractivity contribution is 7.99. The van der Waals surface area contributed by atoms with Crippen molar-refractivity contribution in [2.75, 3.05) is 6.26 Å². The Hall–Kier alpha value is -1.63. The Labute approximate surface area is 82.4 Å². The van der Waals surface area contributed by atoms with Gasteiger partial charge in [-0.2, -0.15) is 0 Å². The molecule has 0 radical (unpaired) electrons. The van der Waals surface area contributed by atoms with E-state index in [1.54, 1.807) is 6.26 Å². The second-order valence-corrected chi connectivity index (χ2v) is 3.32. The summed E-state index contributed by atoms with van der Waals surface area (Å²) in [5, 5.41) is 17.9. The number of hydrogen-bond acceptors (Lipinski definition) is 6. The first-order valence-electron chi connectivity index (χ1n) is 3.67. The van der Waals surface area contributed by atoms with Crippen molar-refractivity contribution in [1.82, 2.24) is 10.3 Å². The Balaban J connectivity index is 2.78. The van der Waals surface area contributed by atoms with Gasteiger partial charge in [0, 0.05) is 6.07 Å². The molecule has 0 fully saturated rings. The van der Waals surface area contributed by atoms with Crippen molar-refractivity contribution in [1.29, 1.82) is 0 Å². The maximum atomic E-state index is 10.7. The predicted molar refractivity (Wildman–Crippen MR) is 50.2 cm³/mol. The molecule has 0 aliphatic carbocycles. The summed E-state index contributed by atoms with van der Waals surface area (Å²) < 4.78 is 4.51. The molecule has 0 bridgehead atoms. The van der Waals surface area contributed by atoms with Gasteiger partial charge in [0.15, 0.2) is 5.52 Å². The van der Waals surface area contributed by atoms with Gasteiger partial charge >= 0.3 is 0 Å². The fraction of sp³-hybridized carbons (Fsp3) is 0.143. The first-order chi connectivity index (χ1) is 6.74. The van der Waals surface area contributed by atoms with Crippen LogP contribution >= 0.6 is 11.8 Å². The molecule has 1 heterocycles. The van der Waals surface area contributed by atoms with Crippen molar-refractivity contribution in [3.05, 3.63) is 22.2 Å². The van der Waals surface area contributed by atoms with Crippen molar-refractivity contribution in [2.45, 2.75) is 4.90 Å². The molecule has 2 rings (SSSR count). The Bertz CT molecular complexity index is 496. The standard InChI is InChI=1S/C7H5N3O3S/c1-14-7-5(10(11)12)3-2-4-6(7)9-13-8-4/h2-3H,1H3. The predicted octanol–water partition coefficient (Wildman–Crippen LogP) is 1.85. The lowest BCUT2D eigenvalue weighted by Gasteiger charge is -1.97. The lowest BCUT2D eigenvalue weighted by atomic mass is 10.3. The molecule has 14 heavy (non-hydrogen) atoms. The molecule has 0 N–H and O–H groups in total. The zero-order chi connectivity index (χ0) is 10.1. The molecule has 0 saturated heterocycles. The van der Waals surface area contributed by atoms with Crippen LogP contribution in [-0.4, -0.2) is 21.5 Å². The smallest absolute Gasteiger partial charge is 0.258 e. The highest BCUT2D eigenvalue weighted by atomic mass is 32.2. The van der Waals surface area contributed by atoms with Gasteiger partial charge in [-0.3, -0.25) is 10.1 Å². The monoisotopic (exact) mass is 211 g/mol. The molecule has 0 aliphatic rings. The Morgan fingerprint density at radius 1 is 1.50 bits per heavy atom. The van der Waals surface area contributed by atoms with Crippen molar-refractivity contribution < 1.29 is 9.55 Å². The van der Waals surface area contributed by atoms with E-state index in [-0.39, 0.29) is 5.69 Å². The van der Waals surface area contributed by atoms with Crippen LogP contribution in [0.15, 0.2) is 21.7 Å².